The van der Waals surface area contributed by atoms with Crippen molar-refractivity contribution in [1.82, 2.24) is 10.0 Å². The molecule has 0 aliphatic carbocycles. The Kier molecular flexibility index (Phi) is 7.63. The topological polar surface area (TPSA) is 75.3 Å². The summed E-state index contributed by atoms with van der Waals surface area (Å²) in [6, 6.07) is 13.4. The van der Waals surface area contributed by atoms with Gasteiger partial charge in [0.2, 0.25) is 10.0 Å². The Morgan fingerprint density at radius 3 is 2.27 bits per heavy atom. The molecule has 2 rings (SSSR count). The summed E-state index contributed by atoms with van der Waals surface area (Å²) >= 11 is 5.84. The van der Waals surface area contributed by atoms with Crippen LogP contribution < -0.4 is 10.0 Å². The van der Waals surface area contributed by atoms with Crippen LogP contribution in [0.3, 0.4) is 0 Å². The Morgan fingerprint density at radius 2 is 1.65 bits per heavy atom. The normalized spacial score (nSPS) is 11.3. The smallest absolute Gasteiger partial charge is 0.251 e. The zero-order chi connectivity index (χ0) is 19.0. The summed E-state index contributed by atoms with van der Waals surface area (Å²) in [5, 5.41) is 3.50. The third kappa shape index (κ3) is 6.12. The van der Waals surface area contributed by atoms with Crippen LogP contribution in [0.5, 0.6) is 0 Å². The lowest BCUT2D eigenvalue weighted by atomic mass is 10.1. The van der Waals surface area contributed by atoms with Gasteiger partial charge >= 0.3 is 0 Å². The lowest BCUT2D eigenvalue weighted by Gasteiger charge is -2.08. The van der Waals surface area contributed by atoms with Gasteiger partial charge in [0, 0.05) is 23.7 Å². The minimum absolute atomic E-state index is 0.159. The van der Waals surface area contributed by atoms with Crippen molar-refractivity contribution < 1.29 is 13.2 Å². The van der Waals surface area contributed by atoms with Crippen LogP contribution in [0, 0.1) is 0 Å². The van der Waals surface area contributed by atoms with Gasteiger partial charge in [0.25, 0.3) is 5.91 Å². The Morgan fingerprint density at radius 1 is 1.00 bits per heavy atom. The fourth-order valence-electron chi connectivity index (χ4n) is 2.33. The van der Waals surface area contributed by atoms with Crippen molar-refractivity contribution >= 4 is 27.5 Å². The minimum atomic E-state index is -3.52. The highest BCUT2D eigenvalue weighted by atomic mass is 35.5. The van der Waals surface area contributed by atoms with Crippen LogP contribution in [-0.2, 0) is 16.4 Å². The van der Waals surface area contributed by atoms with E-state index in [-0.39, 0.29) is 10.8 Å². The van der Waals surface area contributed by atoms with Crippen molar-refractivity contribution in [2.75, 3.05) is 13.1 Å². The van der Waals surface area contributed by atoms with E-state index in [0.717, 1.165) is 18.4 Å². The highest BCUT2D eigenvalue weighted by Gasteiger charge is 2.14. The predicted molar refractivity (Wildman–Crippen MR) is 104 cm³/mol. The molecule has 0 fully saturated rings. The average Bonchev–Trinajstić information content (AvgIpc) is 2.63. The van der Waals surface area contributed by atoms with E-state index in [0.29, 0.717) is 30.1 Å². The number of hydrogen-bond acceptors (Lipinski definition) is 3. The summed E-state index contributed by atoms with van der Waals surface area (Å²) in [6.45, 7) is 2.89. The van der Waals surface area contributed by atoms with Crippen LogP contribution in [0.25, 0.3) is 0 Å². The molecule has 2 N–H and O–H groups in total. The molecular formula is C19H23ClN2O3S. The molecule has 0 atom stereocenters. The zero-order valence-corrected chi connectivity index (χ0v) is 16.2. The molecule has 0 spiro atoms. The standard InChI is InChI=1S/C19H23ClN2O3S/c1-2-3-13-22-26(24,25)18-10-6-16(7-11-18)19(23)21-14-12-15-4-8-17(20)9-5-15/h4-11,22H,2-3,12-14H2,1H3,(H,21,23). The van der Waals surface area contributed by atoms with Crippen molar-refractivity contribution in [1.29, 1.82) is 0 Å². The van der Waals surface area contributed by atoms with E-state index in [2.05, 4.69) is 10.0 Å². The maximum atomic E-state index is 12.2. The number of sulfonamides is 1. The second-order valence-corrected chi connectivity index (χ2v) is 8.11. The van der Waals surface area contributed by atoms with E-state index in [1.54, 1.807) is 0 Å². The van der Waals surface area contributed by atoms with Gasteiger partial charge in [-0.25, -0.2) is 13.1 Å². The number of carbonyl (C=O) groups excluding carboxylic acids is 1. The number of unbranched alkanes of at least 4 members (excludes halogenated alkanes) is 1. The third-order valence-electron chi connectivity index (χ3n) is 3.86. The lowest BCUT2D eigenvalue weighted by molar-refractivity contribution is 0.0954. The number of hydrogen-bond donors (Lipinski definition) is 2. The summed E-state index contributed by atoms with van der Waals surface area (Å²) in [5.41, 5.74) is 1.50. The fraction of sp³-hybridized carbons (Fsp3) is 0.316. The van der Waals surface area contributed by atoms with Gasteiger partial charge < -0.3 is 5.32 Å². The van der Waals surface area contributed by atoms with Crippen LogP contribution in [-0.4, -0.2) is 27.4 Å². The van der Waals surface area contributed by atoms with Crippen LogP contribution in [0.1, 0.15) is 35.7 Å². The first kappa shape index (κ1) is 20.4. The van der Waals surface area contributed by atoms with Crippen molar-refractivity contribution in [3.05, 3.63) is 64.7 Å². The molecule has 0 unspecified atom stereocenters. The predicted octanol–water partition coefficient (Wildman–Crippen LogP) is 3.39. The molecular weight excluding hydrogens is 372 g/mol. The molecule has 2 aromatic rings. The Hall–Kier alpha value is -1.89. The lowest BCUT2D eigenvalue weighted by Crippen LogP contribution is -2.26. The molecule has 7 heteroatoms. The molecule has 26 heavy (non-hydrogen) atoms. The molecule has 0 aliphatic rings. The minimum Gasteiger partial charge on any atom is -0.352 e. The molecule has 0 heterocycles. The average molecular weight is 395 g/mol. The van der Waals surface area contributed by atoms with E-state index in [9.17, 15) is 13.2 Å². The van der Waals surface area contributed by atoms with Gasteiger partial charge in [-0.2, -0.15) is 0 Å². The summed E-state index contributed by atoms with van der Waals surface area (Å²) in [7, 11) is -3.52. The first-order valence-corrected chi connectivity index (χ1v) is 10.4. The fourth-order valence-corrected chi connectivity index (χ4v) is 3.53. The van der Waals surface area contributed by atoms with Crippen molar-refractivity contribution in [3.8, 4) is 0 Å². The van der Waals surface area contributed by atoms with Crippen molar-refractivity contribution in [3.63, 3.8) is 0 Å². The molecule has 5 nitrogen and oxygen atoms in total. The van der Waals surface area contributed by atoms with Crippen molar-refractivity contribution in [2.45, 2.75) is 31.1 Å². The Bertz CT molecular complexity index is 819. The van der Waals surface area contributed by atoms with Crippen LogP contribution in [0.4, 0.5) is 0 Å². The molecule has 0 aromatic heterocycles. The highest BCUT2D eigenvalue weighted by molar-refractivity contribution is 7.89. The molecule has 0 saturated heterocycles. The van der Waals surface area contributed by atoms with Crippen molar-refractivity contribution in [2.24, 2.45) is 0 Å². The van der Waals surface area contributed by atoms with Gasteiger partial charge in [0.15, 0.2) is 0 Å². The number of benzene rings is 2. The number of nitrogens with one attached hydrogen (secondary N) is 2. The number of carbonyl (C=O) groups is 1. The Labute approximate surface area is 159 Å². The van der Waals surface area contributed by atoms with Crippen LogP contribution in [0.15, 0.2) is 53.4 Å². The molecule has 0 bridgehead atoms. The number of amides is 1. The molecule has 0 radical (unpaired) electrons. The molecule has 0 aliphatic heterocycles. The van der Waals surface area contributed by atoms with E-state index in [1.165, 1.54) is 24.3 Å². The Balaban J connectivity index is 1.88. The number of halogens is 1. The number of rotatable bonds is 9. The van der Waals surface area contributed by atoms with Gasteiger partial charge in [-0.05, 0) is 54.8 Å². The summed E-state index contributed by atoms with van der Waals surface area (Å²) in [5.74, 6) is -0.234. The maximum absolute atomic E-state index is 12.2. The van der Waals surface area contributed by atoms with E-state index in [1.807, 2.05) is 31.2 Å². The zero-order valence-electron chi connectivity index (χ0n) is 14.7. The first-order valence-electron chi connectivity index (χ1n) is 8.55. The quantitative estimate of drug-likeness (QED) is 0.640. The molecule has 2 aromatic carbocycles. The van der Waals surface area contributed by atoms with Gasteiger partial charge in [-0.1, -0.05) is 37.1 Å². The second-order valence-electron chi connectivity index (χ2n) is 5.91. The van der Waals surface area contributed by atoms with Gasteiger partial charge in [0.05, 0.1) is 4.90 Å². The second kappa shape index (κ2) is 9.71. The van der Waals surface area contributed by atoms with E-state index in [4.69, 9.17) is 11.6 Å². The summed E-state index contributed by atoms with van der Waals surface area (Å²) < 4.78 is 26.8. The summed E-state index contributed by atoms with van der Waals surface area (Å²) in [6.07, 6.45) is 2.39. The van der Waals surface area contributed by atoms with Crippen LogP contribution >= 0.6 is 11.6 Å². The van der Waals surface area contributed by atoms with Gasteiger partial charge in [0.1, 0.15) is 0 Å². The largest absolute Gasteiger partial charge is 0.352 e. The maximum Gasteiger partial charge on any atom is 0.251 e. The summed E-state index contributed by atoms with van der Waals surface area (Å²) in [4.78, 5) is 12.3. The third-order valence-corrected chi connectivity index (χ3v) is 5.59. The van der Waals surface area contributed by atoms with Crippen LogP contribution in [0.2, 0.25) is 5.02 Å². The monoisotopic (exact) mass is 394 g/mol. The highest BCUT2D eigenvalue weighted by Crippen LogP contribution is 2.11. The molecule has 1 amide bonds. The SMILES string of the molecule is CCCCNS(=O)(=O)c1ccc(C(=O)NCCc2ccc(Cl)cc2)cc1. The first-order chi connectivity index (χ1) is 12.4. The van der Waals surface area contributed by atoms with E-state index < -0.39 is 10.0 Å². The van der Waals surface area contributed by atoms with Gasteiger partial charge in [-0.3, -0.25) is 4.79 Å². The van der Waals surface area contributed by atoms with Gasteiger partial charge in [-0.15, -0.1) is 0 Å². The van der Waals surface area contributed by atoms with E-state index >= 15 is 0 Å². The molecule has 0 saturated carbocycles. The molecule has 140 valence electrons.